The number of para-hydroxylation sites is 1. The number of aliphatic imine (C=N–C) groups is 1. The van der Waals surface area contributed by atoms with Crippen molar-refractivity contribution in [2.24, 2.45) is 4.99 Å². The van der Waals surface area contributed by atoms with E-state index in [1.165, 1.54) is 0 Å². The number of benzene rings is 2. The SMILES string of the molecule is O=C(NC1=NCCS1)c1cc(-c2ccc(Cl)cc2Cl)nc2ccccc12. The van der Waals surface area contributed by atoms with Gasteiger partial charge in [0, 0.05) is 21.7 Å². The second-order valence-electron chi connectivity index (χ2n) is 5.69. The van der Waals surface area contributed by atoms with Gasteiger partial charge in [0.25, 0.3) is 5.91 Å². The number of thioether (sulfide) groups is 1. The lowest BCUT2D eigenvalue weighted by Crippen LogP contribution is -2.27. The Hall–Kier alpha value is -2.08. The molecule has 1 aromatic heterocycles. The number of amides is 1. The molecule has 1 aliphatic heterocycles. The molecule has 4 rings (SSSR count). The minimum atomic E-state index is -0.205. The predicted octanol–water partition coefficient (Wildman–Crippen LogP) is 5.04. The summed E-state index contributed by atoms with van der Waals surface area (Å²) in [5.41, 5.74) is 2.61. The van der Waals surface area contributed by atoms with Gasteiger partial charge in [-0.3, -0.25) is 9.79 Å². The Morgan fingerprint density at radius 1 is 1.12 bits per heavy atom. The van der Waals surface area contributed by atoms with Crippen LogP contribution in [0, 0.1) is 0 Å². The number of pyridine rings is 1. The number of carbonyl (C=O) groups is 1. The van der Waals surface area contributed by atoms with Crippen molar-refractivity contribution in [2.75, 3.05) is 12.3 Å². The third-order valence-electron chi connectivity index (χ3n) is 3.97. The highest BCUT2D eigenvalue weighted by Gasteiger charge is 2.18. The number of rotatable bonds is 2. The number of hydrogen-bond acceptors (Lipinski definition) is 4. The third-order valence-corrected chi connectivity index (χ3v) is 5.41. The number of nitrogens with one attached hydrogen (secondary N) is 1. The molecule has 7 heteroatoms. The summed E-state index contributed by atoms with van der Waals surface area (Å²) in [6.45, 7) is 0.725. The van der Waals surface area contributed by atoms with Crippen LogP contribution in [-0.2, 0) is 0 Å². The molecule has 0 spiro atoms. The first-order valence-corrected chi connectivity index (χ1v) is 9.70. The van der Waals surface area contributed by atoms with E-state index in [4.69, 9.17) is 23.2 Å². The average Bonchev–Trinajstić information content (AvgIpc) is 3.13. The zero-order valence-corrected chi connectivity index (χ0v) is 15.8. The van der Waals surface area contributed by atoms with Crippen LogP contribution in [-0.4, -0.2) is 28.4 Å². The molecule has 26 heavy (non-hydrogen) atoms. The maximum absolute atomic E-state index is 12.9. The summed E-state index contributed by atoms with van der Waals surface area (Å²) in [7, 11) is 0. The van der Waals surface area contributed by atoms with E-state index in [-0.39, 0.29) is 5.91 Å². The predicted molar refractivity (Wildman–Crippen MR) is 109 cm³/mol. The minimum absolute atomic E-state index is 0.205. The molecule has 0 bridgehead atoms. The Labute approximate surface area is 164 Å². The molecule has 3 aromatic rings. The van der Waals surface area contributed by atoms with Gasteiger partial charge in [0.05, 0.1) is 28.3 Å². The van der Waals surface area contributed by atoms with Crippen LogP contribution in [0.3, 0.4) is 0 Å². The van der Waals surface area contributed by atoms with E-state index < -0.39 is 0 Å². The van der Waals surface area contributed by atoms with Gasteiger partial charge in [-0.15, -0.1) is 0 Å². The van der Waals surface area contributed by atoms with Crippen molar-refractivity contribution in [1.29, 1.82) is 0 Å². The maximum atomic E-state index is 12.9. The van der Waals surface area contributed by atoms with Crippen molar-refractivity contribution in [1.82, 2.24) is 10.3 Å². The number of halogens is 2. The normalized spacial score (nSPS) is 13.7. The smallest absolute Gasteiger partial charge is 0.257 e. The van der Waals surface area contributed by atoms with E-state index >= 15 is 0 Å². The van der Waals surface area contributed by atoms with E-state index in [1.807, 2.05) is 24.3 Å². The average molecular weight is 402 g/mol. The van der Waals surface area contributed by atoms with Gasteiger partial charge in [-0.2, -0.15) is 0 Å². The lowest BCUT2D eigenvalue weighted by Gasteiger charge is -2.11. The van der Waals surface area contributed by atoms with Crippen LogP contribution in [0.4, 0.5) is 0 Å². The quantitative estimate of drug-likeness (QED) is 0.653. The highest BCUT2D eigenvalue weighted by Crippen LogP contribution is 2.31. The van der Waals surface area contributed by atoms with Gasteiger partial charge >= 0.3 is 0 Å². The molecular weight excluding hydrogens is 389 g/mol. The van der Waals surface area contributed by atoms with Crippen molar-refractivity contribution in [2.45, 2.75) is 0 Å². The summed E-state index contributed by atoms with van der Waals surface area (Å²) in [6.07, 6.45) is 0. The lowest BCUT2D eigenvalue weighted by molar-refractivity contribution is 0.0979. The fourth-order valence-corrected chi connectivity index (χ4v) is 4.00. The molecule has 1 amide bonds. The molecule has 1 aliphatic rings. The number of fused-ring (bicyclic) bond motifs is 1. The second-order valence-corrected chi connectivity index (χ2v) is 7.61. The molecule has 2 aromatic carbocycles. The molecule has 1 N–H and O–H groups in total. The van der Waals surface area contributed by atoms with Crippen LogP contribution < -0.4 is 5.32 Å². The minimum Gasteiger partial charge on any atom is -0.301 e. The van der Waals surface area contributed by atoms with E-state index in [0.717, 1.165) is 28.8 Å². The third kappa shape index (κ3) is 3.43. The summed E-state index contributed by atoms with van der Waals surface area (Å²) < 4.78 is 0. The maximum Gasteiger partial charge on any atom is 0.257 e. The molecule has 0 unspecified atom stereocenters. The van der Waals surface area contributed by atoms with Crippen LogP contribution in [0.15, 0.2) is 53.5 Å². The van der Waals surface area contributed by atoms with Gasteiger partial charge in [-0.1, -0.05) is 53.2 Å². The zero-order chi connectivity index (χ0) is 18.1. The summed E-state index contributed by atoms with van der Waals surface area (Å²) in [4.78, 5) is 21.8. The Morgan fingerprint density at radius 3 is 2.73 bits per heavy atom. The van der Waals surface area contributed by atoms with Crippen molar-refractivity contribution >= 4 is 56.9 Å². The van der Waals surface area contributed by atoms with E-state index in [0.29, 0.717) is 26.5 Å². The fraction of sp³-hybridized carbons (Fsp3) is 0.105. The molecular formula is C19H13Cl2N3OS. The molecule has 130 valence electrons. The van der Waals surface area contributed by atoms with Gasteiger partial charge in [0.15, 0.2) is 5.17 Å². The number of carbonyl (C=O) groups excluding carboxylic acids is 1. The molecule has 0 saturated heterocycles. The summed E-state index contributed by atoms with van der Waals surface area (Å²) >= 11 is 13.9. The van der Waals surface area contributed by atoms with Crippen molar-refractivity contribution < 1.29 is 4.79 Å². The van der Waals surface area contributed by atoms with Crippen molar-refractivity contribution in [3.63, 3.8) is 0 Å². The van der Waals surface area contributed by atoms with Crippen LogP contribution in [0.5, 0.6) is 0 Å². The largest absolute Gasteiger partial charge is 0.301 e. The topological polar surface area (TPSA) is 54.4 Å². The van der Waals surface area contributed by atoms with E-state index in [1.54, 1.807) is 36.0 Å². The first-order valence-electron chi connectivity index (χ1n) is 7.95. The molecule has 0 atom stereocenters. The summed E-state index contributed by atoms with van der Waals surface area (Å²) in [5, 5.41) is 5.35. The van der Waals surface area contributed by atoms with Crippen LogP contribution in [0.1, 0.15) is 10.4 Å². The Kier molecular flexibility index (Phi) is 4.85. The van der Waals surface area contributed by atoms with Crippen LogP contribution in [0.25, 0.3) is 22.2 Å². The Balaban J connectivity index is 1.84. The fourth-order valence-electron chi connectivity index (χ4n) is 2.77. The van der Waals surface area contributed by atoms with Gasteiger partial charge in [0.2, 0.25) is 0 Å². The number of nitrogens with zero attached hydrogens (tertiary/aromatic N) is 2. The summed E-state index contributed by atoms with van der Waals surface area (Å²) in [5.74, 6) is 0.682. The van der Waals surface area contributed by atoms with Crippen molar-refractivity contribution in [3.05, 3.63) is 64.1 Å². The molecule has 0 aliphatic carbocycles. The molecule has 2 heterocycles. The molecule has 4 nitrogen and oxygen atoms in total. The van der Waals surface area contributed by atoms with Crippen molar-refractivity contribution in [3.8, 4) is 11.3 Å². The number of hydrogen-bond donors (Lipinski definition) is 1. The highest BCUT2D eigenvalue weighted by atomic mass is 35.5. The van der Waals surface area contributed by atoms with E-state index in [9.17, 15) is 4.79 Å². The number of aromatic nitrogens is 1. The van der Waals surface area contributed by atoms with Gasteiger partial charge < -0.3 is 5.32 Å². The zero-order valence-electron chi connectivity index (χ0n) is 13.5. The lowest BCUT2D eigenvalue weighted by atomic mass is 10.0. The number of amidine groups is 1. The summed E-state index contributed by atoms with van der Waals surface area (Å²) in [6, 6.07) is 14.5. The second kappa shape index (κ2) is 7.27. The van der Waals surface area contributed by atoms with E-state index in [2.05, 4.69) is 15.3 Å². The highest BCUT2D eigenvalue weighted by molar-refractivity contribution is 8.14. The standard InChI is InChI=1S/C19H13Cl2N3OS/c20-11-5-6-13(15(21)9-11)17-10-14(12-3-1-2-4-16(12)23-17)18(25)24-19-22-7-8-26-19/h1-6,9-10H,7-8H2,(H,22,24,25). The van der Waals surface area contributed by atoms with Crippen LogP contribution >= 0.6 is 35.0 Å². The van der Waals surface area contributed by atoms with Gasteiger partial charge in [-0.05, 0) is 30.3 Å². The molecule has 0 fully saturated rings. The Bertz CT molecular complexity index is 1050. The first-order chi connectivity index (χ1) is 12.6. The molecule has 0 radical (unpaired) electrons. The van der Waals surface area contributed by atoms with Gasteiger partial charge in [0.1, 0.15) is 0 Å². The molecule has 0 saturated carbocycles. The Morgan fingerprint density at radius 2 is 1.96 bits per heavy atom. The monoisotopic (exact) mass is 401 g/mol. The first kappa shape index (κ1) is 17.3. The van der Waals surface area contributed by atoms with Crippen LogP contribution in [0.2, 0.25) is 10.0 Å². The van der Waals surface area contributed by atoms with Gasteiger partial charge in [-0.25, -0.2) is 4.98 Å².